The maximum atomic E-state index is 10.2. The molecule has 11 heavy (non-hydrogen) atoms. The molecule has 0 saturated carbocycles. The van der Waals surface area contributed by atoms with Gasteiger partial charge in [-0.15, -0.1) is 0 Å². The molecule has 1 heterocycles. The highest BCUT2D eigenvalue weighted by molar-refractivity contribution is 5.52. The zero-order chi connectivity index (χ0) is 8.10. The summed E-state index contributed by atoms with van der Waals surface area (Å²) >= 11 is 0. The van der Waals surface area contributed by atoms with Crippen LogP contribution in [0.25, 0.3) is 0 Å². The summed E-state index contributed by atoms with van der Waals surface area (Å²) in [5, 5.41) is 3.91. The third kappa shape index (κ3) is 2.49. The minimum Gasteiger partial charge on any atom is -0.303 e. The number of hydrogen-bond acceptors (Lipinski definition) is 3. The maximum absolute atomic E-state index is 10.2. The van der Waals surface area contributed by atoms with Crippen LogP contribution < -0.4 is 0 Å². The molecule has 0 aliphatic heterocycles. The first kappa shape index (κ1) is 7.91. The van der Waals surface area contributed by atoms with Gasteiger partial charge in [-0.1, -0.05) is 6.92 Å². The van der Waals surface area contributed by atoms with Crippen LogP contribution >= 0.6 is 0 Å². The van der Waals surface area contributed by atoms with Gasteiger partial charge < -0.3 is 4.79 Å². The van der Waals surface area contributed by atoms with Crippen molar-refractivity contribution in [3.8, 4) is 0 Å². The molecule has 1 rings (SSSR count). The fraction of sp³-hybridized carbons (Fsp3) is 0.571. The Morgan fingerprint density at radius 3 is 3.09 bits per heavy atom. The lowest BCUT2D eigenvalue weighted by atomic mass is 10.1. The molecule has 4 heteroatoms. The quantitative estimate of drug-likeness (QED) is 0.592. The van der Waals surface area contributed by atoms with Crippen molar-refractivity contribution < 1.29 is 4.79 Å². The molecule has 0 N–H and O–H groups in total. The van der Waals surface area contributed by atoms with Crippen LogP contribution in [0.5, 0.6) is 0 Å². The minimum atomic E-state index is 0.110. The number of nitrogens with zero attached hydrogens (tertiary/aromatic N) is 3. The van der Waals surface area contributed by atoms with Gasteiger partial charge in [-0.25, -0.2) is 4.98 Å². The molecule has 0 saturated heterocycles. The van der Waals surface area contributed by atoms with Gasteiger partial charge in [0.2, 0.25) is 0 Å². The van der Waals surface area contributed by atoms with Gasteiger partial charge in [-0.3, -0.25) is 4.68 Å². The lowest BCUT2D eigenvalue weighted by Crippen LogP contribution is -2.04. The molecule has 0 bridgehead atoms. The SMILES string of the molecule is CC(C=O)CCn1cncn1. The first-order chi connectivity index (χ1) is 5.33. The van der Waals surface area contributed by atoms with E-state index in [1.165, 1.54) is 6.33 Å². The smallest absolute Gasteiger partial charge is 0.137 e. The lowest BCUT2D eigenvalue weighted by molar-refractivity contribution is -0.110. The zero-order valence-corrected chi connectivity index (χ0v) is 6.47. The van der Waals surface area contributed by atoms with E-state index in [1.54, 1.807) is 11.0 Å². The van der Waals surface area contributed by atoms with Crippen LogP contribution in [0.1, 0.15) is 13.3 Å². The van der Waals surface area contributed by atoms with Crippen LogP contribution in [-0.4, -0.2) is 21.1 Å². The largest absolute Gasteiger partial charge is 0.303 e. The molecule has 0 aliphatic carbocycles. The van der Waals surface area contributed by atoms with E-state index in [0.29, 0.717) is 0 Å². The van der Waals surface area contributed by atoms with Crippen molar-refractivity contribution in [1.29, 1.82) is 0 Å². The van der Waals surface area contributed by atoms with Gasteiger partial charge in [0.25, 0.3) is 0 Å². The summed E-state index contributed by atoms with van der Waals surface area (Å²) in [4.78, 5) is 14.0. The summed E-state index contributed by atoms with van der Waals surface area (Å²) in [7, 11) is 0. The lowest BCUT2D eigenvalue weighted by Gasteiger charge is -2.01. The fourth-order valence-corrected chi connectivity index (χ4v) is 0.752. The van der Waals surface area contributed by atoms with E-state index >= 15 is 0 Å². The Morgan fingerprint density at radius 1 is 1.73 bits per heavy atom. The van der Waals surface area contributed by atoms with Gasteiger partial charge in [0.05, 0.1) is 0 Å². The molecule has 60 valence electrons. The minimum absolute atomic E-state index is 0.110. The molecule has 0 amide bonds. The number of carbonyl (C=O) groups excluding carboxylic acids is 1. The first-order valence-corrected chi connectivity index (χ1v) is 3.60. The second-order valence-corrected chi connectivity index (χ2v) is 2.56. The highest BCUT2D eigenvalue weighted by Crippen LogP contribution is 1.98. The maximum Gasteiger partial charge on any atom is 0.137 e. The number of hydrogen-bond donors (Lipinski definition) is 0. The molecule has 0 aromatic carbocycles. The summed E-state index contributed by atoms with van der Waals surface area (Å²) < 4.78 is 1.72. The highest BCUT2D eigenvalue weighted by Gasteiger charge is 1.99. The molecule has 0 spiro atoms. The van der Waals surface area contributed by atoms with Gasteiger partial charge >= 0.3 is 0 Å². The van der Waals surface area contributed by atoms with Crippen LogP contribution in [0.4, 0.5) is 0 Å². The van der Waals surface area contributed by atoms with E-state index in [1.807, 2.05) is 6.92 Å². The Morgan fingerprint density at radius 2 is 2.55 bits per heavy atom. The van der Waals surface area contributed by atoms with Crippen molar-refractivity contribution in [3.63, 3.8) is 0 Å². The predicted molar refractivity (Wildman–Crippen MR) is 39.9 cm³/mol. The summed E-state index contributed by atoms with van der Waals surface area (Å²) in [5.41, 5.74) is 0. The molecule has 4 nitrogen and oxygen atoms in total. The zero-order valence-electron chi connectivity index (χ0n) is 6.47. The molecule has 0 fully saturated rings. The Kier molecular flexibility index (Phi) is 2.77. The molecular formula is C7H11N3O. The topological polar surface area (TPSA) is 47.8 Å². The molecule has 1 unspecified atom stereocenters. The number of carbonyl (C=O) groups is 1. The third-order valence-electron chi connectivity index (χ3n) is 1.51. The Balaban J connectivity index is 2.28. The van der Waals surface area contributed by atoms with Crippen LogP contribution in [0.15, 0.2) is 12.7 Å². The second-order valence-electron chi connectivity index (χ2n) is 2.56. The average Bonchev–Trinajstić information content (AvgIpc) is 2.52. The molecular weight excluding hydrogens is 142 g/mol. The first-order valence-electron chi connectivity index (χ1n) is 3.60. The van der Waals surface area contributed by atoms with E-state index < -0.39 is 0 Å². The number of aromatic nitrogens is 3. The van der Waals surface area contributed by atoms with Crippen molar-refractivity contribution in [1.82, 2.24) is 14.8 Å². The average molecular weight is 153 g/mol. The van der Waals surface area contributed by atoms with Crippen LogP contribution in [0.2, 0.25) is 0 Å². The van der Waals surface area contributed by atoms with Crippen molar-refractivity contribution in [2.24, 2.45) is 5.92 Å². The Hall–Kier alpha value is -1.19. The fourth-order valence-electron chi connectivity index (χ4n) is 0.752. The Labute approximate surface area is 65.2 Å². The number of aryl methyl sites for hydroxylation is 1. The summed E-state index contributed by atoms with van der Waals surface area (Å²) in [5.74, 6) is 0.110. The third-order valence-corrected chi connectivity index (χ3v) is 1.51. The van der Waals surface area contributed by atoms with Gasteiger partial charge in [-0.2, -0.15) is 5.10 Å². The summed E-state index contributed by atoms with van der Waals surface area (Å²) in [6.45, 7) is 2.66. The van der Waals surface area contributed by atoms with Crippen LogP contribution in [0.3, 0.4) is 0 Å². The van der Waals surface area contributed by atoms with Crippen LogP contribution in [-0.2, 0) is 11.3 Å². The molecule has 1 atom stereocenters. The van der Waals surface area contributed by atoms with Gasteiger partial charge in [-0.05, 0) is 6.42 Å². The van der Waals surface area contributed by atoms with Crippen LogP contribution in [0, 0.1) is 5.92 Å². The van der Waals surface area contributed by atoms with Crippen molar-refractivity contribution in [2.45, 2.75) is 19.9 Å². The van der Waals surface area contributed by atoms with Gasteiger partial charge in [0.1, 0.15) is 18.9 Å². The van der Waals surface area contributed by atoms with Crippen molar-refractivity contribution in [3.05, 3.63) is 12.7 Å². The standard InChI is InChI=1S/C7H11N3O/c1-7(4-11)2-3-10-6-8-5-9-10/h4-7H,2-3H2,1H3. The van der Waals surface area contributed by atoms with Gasteiger partial charge in [0.15, 0.2) is 0 Å². The molecule has 1 aromatic heterocycles. The predicted octanol–water partition coefficient (Wildman–Crippen LogP) is 0.503. The number of aldehydes is 1. The van der Waals surface area contributed by atoms with E-state index in [-0.39, 0.29) is 5.92 Å². The Bertz CT molecular complexity index is 207. The summed E-state index contributed by atoms with van der Waals surface area (Å²) in [6, 6.07) is 0. The monoisotopic (exact) mass is 153 g/mol. The highest BCUT2D eigenvalue weighted by atomic mass is 16.1. The normalized spacial score (nSPS) is 12.8. The van der Waals surface area contributed by atoms with E-state index in [0.717, 1.165) is 19.3 Å². The molecule has 1 aromatic rings. The molecule has 0 aliphatic rings. The molecule has 0 radical (unpaired) electrons. The van der Waals surface area contributed by atoms with Crippen molar-refractivity contribution in [2.75, 3.05) is 0 Å². The summed E-state index contributed by atoms with van der Waals surface area (Å²) in [6.07, 6.45) is 4.92. The van der Waals surface area contributed by atoms with E-state index in [9.17, 15) is 4.79 Å². The van der Waals surface area contributed by atoms with E-state index in [2.05, 4.69) is 10.1 Å². The van der Waals surface area contributed by atoms with Gasteiger partial charge in [0, 0.05) is 12.5 Å². The van der Waals surface area contributed by atoms with E-state index in [4.69, 9.17) is 0 Å². The second kappa shape index (κ2) is 3.85. The number of rotatable bonds is 4. The van der Waals surface area contributed by atoms with Crippen molar-refractivity contribution >= 4 is 6.29 Å².